The summed E-state index contributed by atoms with van der Waals surface area (Å²) < 4.78 is 5.62. The Morgan fingerprint density at radius 2 is 1.70 bits per heavy atom. The van der Waals surface area contributed by atoms with Crippen LogP contribution in [-0.4, -0.2) is 34.4 Å². The predicted octanol–water partition coefficient (Wildman–Crippen LogP) is 4.49. The van der Waals surface area contributed by atoms with Gasteiger partial charge < -0.3 is 9.64 Å². The van der Waals surface area contributed by atoms with E-state index < -0.39 is 12.1 Å². The molecule has 0 radical (unpaired) electrons. The van der Waals surface area contributed by atoms with Gasteiger partial charge >= 0.3 is 5.97 Å². The fourth-order valence-corrected chi connectivity index (χ4v) is 3.88. The van der Waals surface area contributed by atoms with Gasteiger partial charge in [-0.2, -0.15) is 0 Å². The Hall–Kier alpha value is -3.21. The van der Waals surface area contributed by atoms with Crippen LogP contribution in [0.25, 0.3) is 10.9 Å². The van der Waals surface area contributed by atoms with E-state index in [1.54, 1.807) is 17.9 Å². The molecular formula is C25H26N2O3. The van der Waals surface area contributed by atoms with E-state index >= 15 is 0 Å². The van der Waals surface area contributed by atoms with Crippen molar-refractivity contribution < 1.29 is 14.3 Å². The van der Waals surface area contributed by atoms with Gasteiger partial charge in [0.15, 0.2) is 6.10 Å². The van der Waals surface area contributed by atoms with E-state index in [-0.39, 0.29) is 11.8 Å². The van der Waals surface area contributed by atoms with Gasteiger partial charge in [0.25, 0.3) is 5.91 Å². The third kappa shape index (κ3) is 3.92. The van der Waals surface area contributed by atoms with Crippen molar-refractivity contribution in [3.05, 3.63) is 77.0 Å². The third-order valence-corrected chi connectivity index (χ3v) is 5.62. The van der Waals surface area contributed by atoms with Crippen LogP contribution in [0.4, 0.5) is 0 Å². The Kier molecular flexibility index (Phi) is 5.53. The highest BCUT2D eigenvalue weighted by atomic mass is 16.5. The second kappa shape index (κ2) is 8.27. The van der Waals surface area contributed by atoms with Crippen LogP contribution in [0.1, 0.15) is 53.9 Å². The summed E-state index contributed by atoms with van der Waals surface area (Å²) in [5.74, 6) is -0.484. The van der Waals surface area contributed by atoms with Crippen molar-refractivity contribution in [3.63, 3.8) is 0 Å². The normalized spacial score (nSPS) is 14.5. The molecule has 1 amide bonds. The molecule has 0 saturated heterocycles. The molecule has 1 unspecified atom stereocenters. The van der Waals surface area contributed by atoms with Crippen molar-refractivity contribution in [2.45, 2.75) is 45.8 Å². The van der Waals surface area contributed by atoms with Crippen LogP contribution in [0.2, 0.25) is 0 Å². The monoisotopic (exact) mass is 402 g/mol. The topological polar surface area (TPSA) is 59.5 Å². The van der Waals surface area contributed by atoms with Crippen molar-refractivity contribution in [2.75, 3.05) is 6.54 Å². The summed E-state index contributed by atoms with van der Waals surface area (Å²) in [4.78, 5) is 32.4. The number of benzene rings is 2. The summed E-state index contributed by atoms with van der Waals surface area (Å²) in [6.45, 7) is 6.90. The number of rotatable bonds is 4. The van der Waals surface area contributed by atoms with Crippen molar-refractivity contribution in [2.24, 2.45) is 0 Å². The number of hydrogen-bond acceptors (Lipinski definition) is 4. The lowest BCUT2D eigenvalue weighted by Crippen LogP contribution is -2.42. The molecule has 1 aliphatic rings. The smallest absolute Gasteiger partial charge is 0.339 e. The zero-order chi connectivity index (χ0) is 21.3. The molecule has 2 aromatic carbocycles. The Morgan fingerprint density at radius 1 is 1.00 bits per heavy atom. The zero-order valence-electron chi connectivity index (χ0n) is 17.6. The molecule has 3 aromatic rings. The minimum absolute atomic E-state index is 0.166. The first kappa shape index (κ1) is 20.1. The lowest BCUT2D eigenvalue weighted by molar-refractivity contribution is -0.140. The van der Waals surface area contributed by atoms with Crippen LogP contribution in [0.5, 0.6) is 0 Å². The standard InChI is InChI=1S/C25H26N2O3/c1-16(2)23-14-21(20-10-6-7-11-22(20)26-23)25(29)30-17(3)24(28)27-13-12-18-8-4-5-9-19(18)15-27/h4-11,14,16-17H,12-13,15H2,1-3H3. The summed E-state index contributed by atoms with van der Waals surface area (Å²) in [5, 5.41) is 0.735. The van der Waals surface area contributed by atoms with Crippen molar-refractivity contribution >= 4 is 22.8 Å². The van der Waals surface area contributed by atoms with Gasteiger partial charge in [-0.25, -0.2) is 4.79 Å². The molecule has 4 rings (SSSR count). The summed E-state index contributed by atoms with van der Waals surface area (Å²) in [6, 6.07) is 17.4. The largest absolute Gasteiger partial charge is 0.449 e. The number of hydrogen-bond donors (Lipinski definition) is 0. The zero-order valence-corrected chi connectivity index (χ0v) is 17.6. The summed E-state index contributed by atoms with van der Waals surface area (Å²) in [5.41, 5.74) is 4.45. The molecule has 1 aromatic heterocycles. The van der Waals surface area contributed by atoms with Gasteiger partial charge in [0.05, 0.1) is 11.1 Å². The molecule has 154 valence electrons. The fraction of sp³-hybridized carbons (Fsp3) is 0.320. The number of carbonyl (C=O) groups excluding carboxylic acids is 2. The van der Waals surface area contributed by atoms with Gasteiger partial charge in [-0.1, -0.05) is 56.3 Å². The van der Waals surface area contributed by atoms with Crippen LogP contribution >= 0.6 is 0 Å². The Morgan fingerprint density at radius 3 is 2.47 bits per heavy atom. The molecule has 0 bridgehead atoms. The number of carbonyl (C=O) groups is 2. The Labute approximate surface area is 176 Å². The van der Waals surface area contributed by atoms with E-state index in [0.29, 0.717) is 18.7 Å². The van der Waals surface area contributed by atoms with E-state index in [0.717, 1.165) is 28.6 Å². The van der Waals surface area contributed by atoms with Gasteiger partial charge in [-0.15, -0.1) is 0 Å². The molecule has 1 atom stereocenters. The molecule has 0 spiro atoms. The molecule has 1 aliphatic heterocycles. The highest BCUT2D eigenvalue weighted by molar-refractivity contribution is 6.04. The number of fused-ring (bicyclic) bond motifs is 2. The fourth-order valence-electron chi connectivity index (χ4n) is 3.88. The number of esters is 1. The minimum Gasteiger partial charge on any atom is -0.449 e. The van der Waals surface area contributed by atoms with Gasteiger partial charge in [0, 0.05) is 24.2 Å². The van der Waals surface area contributed by atoms with Gasteiger partial charge in [0.1, 0.15) is 0 Å². The highest BCUT2D eigenvalue weighted by Crippen LogP contribution is 2.24. The van der Waals surface area contributed by atoms with E-state index in [1.165, 1.54) is 5.56 Å². The number of amides is 1. The molecule has 2 heterocycles. The summed E-state index contributed by atoms with van der Waals surface area (Å²) in [7, 11) is 0. The predicted molar refractivity (Wildman–Crippen MR) is 116 cm³/mol. The number of nitrogens with zero attached hydrogens (tertiary/aromatic N) is 2. The maximum Gasteiger partial charge on any atom is 0.339 e. The van der Waals surface area contributed by atoms with Crippen molar-refractivity contribution in [1.29, 1.82) is 0 Å². The lowest BCUT2D eigenvalue weighted by atomic mass is 9.99. The molecule has 0 fully saturated rings. The minimum atomic E-state index is -0.850. The highest BCUT2D eigenvalue weighted by Gasteiger charge is 2.28. The second-order valence-electron chi connectivity index (χ2n) is 8.09. The van der Waals surface area contributed by atoms with Crippen LogP contribution in [0, 0.1) is 0 Å². The van der Waals surface area contributed by atoms with Crippen LogP contribution in [0.15, 0.2) is 54.6 Å². The van der Waals surface area contributed by atoms with E-state index in [9.17, 15) is 9.59 Å². The molecule has 5 heteroatoms. The lowest BCUT2D eigenvalue weighted by Gasteiger charge is -2.30. The average molecular weight is 402 g/mol. The molecule has 30 heavy (non-hydrogen) atoms. The maximum absolute atomic E-state index is 13.0. The van der Waals surface area contributed by atoms with Crippen molar-refractivity contribution in [3.8, 4) is 0 Å². The second-order valence-corrected chi connectivity index (χ2v) is 8.09. The number of para-hydroxylation sites is 1. The van der Waals surface area contributed by atoms with Crippen molar-refractivity contribution in [1.82, 2.24) is 9.88 Å². The SMILES string of the molecule is CC(OC(=O)c1cc(C(C)C)nc2ccccc12)C(=O)N1CCc2ccccc2C1. The Bertz CT molecular complexity index is 1110. The van der Waals surface area contributed by atoms with Crippen LogP contribution in [-0.2, 0) is 22.5 Å². The summed E-state index contributed by atoms with van der Waals surface area (Å²) in [6.07, 6.45) is -0.0350. The average Bonchev–Trinajstić information content (AvgIpc) is 2.77. The molecule has 0 N–H and O–H groups in total. The number of aromatic nitrogens is 1. The van der Waals surface area contributed by atoms with E-state index in [2.05, 4.69) is 11.1 Å². The van der Waals surface area contributed by atoms with Crippen LogP contribution in [0.3, 0.4) is 0 Å². The van der Waals surface area contributed by atoms with Gasteiger partial charge in [-0.3, -0.25) is 9.78 Å². The molecule has 5 nitrogen and oxygen atoms in total. The molecule has 0 aliphatic carbocycles. The maximum atomic E-state index is 13.0. The molecular weight excluding hydrogens is 376 g/mol. The van der Waals surface area contributed by atoms with E-state index in [4.69, 9.17) is 4.74 Å². The number of pyridine rings is 1. The third-order valence-electron chi connectivity index (χ3n) is 5.62. The Balaban J connectivity index is 1.53. The van der Waals surface area contributed by atoms with Crippen LogP contribution < -0.4 is 0 Å². The first-order valence-electron chi connectivity index (χ1n) is 10.4. The van der Waals surface area contributed by atoms with Gasteiger partial charge in [-0.05, 0) is 42.5 Å². The first-order valence-corrected chi connectivity index (χ1v) is 10.4. The summed E-state index contributed by atoms with van der Waals surface area (Å²) >= 11 is 0. The van der Waals surface area contributed by atoms with E-state index in [1.807, 2.05) is 56.3 Å². The van der Waals surface area contributed by atoms with Gasteiger partial charge in [0.2, 0.25) is 0 Å². The molecule has 0 saturated carbocycles. The number of ether oxygens (including phenoxy) is 1. The first-order chi connectivity index (χ1) is 14.4. The quantitative estimate of drug-likeness (QED) is 0.604.